The molecular weight excluding hydrogens is 332 g/mol. The molecule has 0 aliphatic carbocycles. The largest absolute Gasteiger partial charge is 0.507 e. The molecule has 1 heterocycles. The maximum atomic E-state index is 12.6. The normalized spacial score (nSPS) is 17.2. The van der Waals surface area contributed by atoms with Gasteiger partial charge in [0.1, 0.15) is 5.76 Å². The van der Waals surface area contributed by atoms with Crippen LogP contribution in [-0.2, 0) is 14.4 Å². The summed E-state index contributed by atoms with van der Waals surface area (Å²) in [6, 6.07) is 16.6. The summed E-state index contributed by atoms with van der Waals surface area (Å²) >= 11 is 0. The van der Waals surface area contributed by atoms with Crippen molar-refractivity contribution in [3.63, 3.8) is 0 Å². The standard InChI is InChI=1S/C20H18N2O4/c23-13-21-19(25)11-18(24)16-8-4-5-9-17(16)22-12-15(10-20(22)26)14-6-2-1-3-7-14/h1-9,11,13,15,24H,10,12H2,(H,21,23,25)/b18-11+. The Hall–Kier alpha value is -3.41. The van der Waals surface area contributed by atoms with E-state index in [1.165, 1.54) is 0 Å². The second-order valence-electron chi connectivity index (χ2n) is 5.99. The van der Waals surface area contributed by atoms with E-state index in [0.29, 0.717) is 24.2 Å². The molecule has 1 saturated heterocycles. The van der Waals surface area contributed by atoms with Crippen molar-refractivity contribution >= 4 is 29.7 Å². The van der Waals surface area contributed by atoms with Gasteiger partial charge in [-0.3, -0.25) is 19.7 Å². The number of amides is 3. The smallest absolute Gasteiger partial charge is 0.254 e. The zero-order chi connectivity index (χ0) is 18.5. The van der Waals surface area contributed by atoms with Crippen molar-refractivity contribution in [2.24, 2.45) is 0 Å². The second-order valence-corrected chi connectivity index (χ2v) is 5.99. The molecule has 1 atom stereocenters. The third-order valence-corrected chi connectivity index (χ3v) is 4.34. The zero-order valence-corrected chi connectivity index (χ0v) is 14.0. The molecule has 3 amide bonds. The summed E-state index contributed by atoms with van der Waals surface area (Å²) in [7, 11) is 0. The Morgan fingerprint density at radius 3 is 2.54 bits per heavy atom. The molecule has 6 heteroatoms. The molecule has 26 heavy (non-hydrogen) atoms. The van der Waals surface area contributed by atoms with Gasteiger partial charge in [-0.2, -0.15) is 0 Å². The Kier molecular flexibility index (Phi) is 5.12. The number of carbonyl (C=O) groups excluding carboxylic acids is 3. The molecule has 1 aliphatic rings. The van der Waals surface area contributed by atoms with E-state index >= 15 is 0 Å². The second kappa shape index (κ2) is 7.65. The van der Waals surface area contributed by atoms with Crippen LogP contribution in [0.5, 0.6) is 0 Å². The van der Waals surface area contributed by atoms with Gasteiger partial charge in [-0.1, -0.05) is 42.5 Å². The highest BCUT2D eigenvalue weighted by molar-refractivity contribution is 6.02. The number of para-hydroxylation sites is 1. The molecule has 0 bridgehead atoms. The lowest BCUT2D eigenvalue weighted by Gasteiger charge is -2.20. The fourth-order valence-electron chi connectivity index (χ4n) is 3.12. The highest BCUT2D eigenvalue weighted by Gasteiger charge is 2.32. The van der Waals surface area contributed by atoms with Gasteiger partial charge in [-0.25, -0.2) is 0 Å². The maximum Gasteiger partial charge on any atom is 0.254 e. The van der Waals surface area contributed by atoms with Crippen molar-refractivity contribution in [1.29, 1.82) is 0 Å². The number of carbonyl (C=O) groups is 3. The van der Waals surface area contributed by atoms with E-state index in [1.807, 2.05) is 35.6 Å². The van der Waals surface area contributed by atoms with Crippen LogP contribution >= 0.6 is 0 Å². The summed E-state index contributed by atoms with van der Waals surface area (Å²) in [5.74, 6) is -1.02. The van der Waals surface area contributed by atoms with Crippen LogP contribution in [-0.4, -0.2) is 29.9 Å². The van der Waals surface area contributed by atoms with E-state index in [1.54, 1.807) is 29.2 Å². The maximum absolute atomic E-state index is 12.6. The lowest BCUT2D eigenvalue weighted by atomic mass is 9.98. The first-order valence-electron chi connectivity index (χ1n) is 8.19. The Labute approximate surface area is 150 Å². The number of aliphatic hydroxyl groups excluding tert-OH is 1. The Morgan fingerprint density at radius 1 is 1.12 bits per heavy atom. The molecule has 1 unspecified atom stereocenters. The monoisotopic (exact) mass is 350 g/mol. The number of benzene rings is 2. The van der Waals surface area contributed by atoms with Gasteiger partial charge >= 0.3 is 0 Å². The predicted octanol–water partition coefficient (Wildman–Crippen LogP) is 2.38. The minimum atomic E-state index is -0.734. The number of nitrogens with zero attached hydrogens (tertiary/aromatic N) is 1. The Balaban J connectivity index is 1.89. The number of aliphatic hydroxyl groups is 1. The summed E-state index contributed by atoms with van der Waals surface area (Å²) in [5.41, 5.74) is 1.98. The van der Waals surface area contributed by atoms with Crippen molar-refractivity contribution in [3.8, 4) is 0 Å². The van der Waals surface area contributed by atoms with E-state index in [-0.39, 0.29) is 24.0 Å². The van der Waals surface area contributed by atoms with Crippen molar-refractivity contribution in [2.75, 3.05) is 11.4 Å². The zero-order valence-electron chi connectivity index (χ0n) is 14.0. The van der Waals surface area contributed by atoms with Gasteiger partial charge in [0.15, 0.2) is 0 Å². The minimum Gasteiger partial charge on any atom is -0.507 e. The summed E-state index contributed by atoms with van der Waals surface area (Å²) in [6.07, 6.45) is 1.55. The van der Waals surface area contributed by atoms with Gasteiger partial charge < -0.3 is 10.0 Å². The third kappa shape index (κ3) is 3.64. The molecule has 0 aromatic heterocycles. The van der Waals surface area contributed by atoms with Gasteiger partial charge in [0.05, 0.1) is 5.69 Å². The molecule has 1 aliphatic heterocycles. The topological polar surface area (TPSA) is 86.7 Å². The van der Waals surface area contributed by atoms with Crippen LogP contribution in [0.2, 0.25) is 0 Å². The molecule has 0 spiro atoms. The van der Waals surface area contributed by atoms with Gasteiger partial charge in [-0.05, 0) is 17.7 Å². The van der Waals surface area contributed by atoms with Crippen LogP contribution in [0, 0.1) is 0 Å². The van der Waals surface area contributed by atoms with Crippen LogP contribution < -0.4 is 10.2 Å². The van der Waals surface area contributed by atoms with E-state index in [4.69, 9.17) is 0 Å². The average molecular weight is 350 g/mol. The van der Waals surface area contributed by atoms with Crippen molar-refractivity contribution in [1.82, 2.24) is 5.32 Å². The quantitative estimate of drug-likeness (QED) is 0.492. The first-order chi connectivity index (χ1) is 12.6. The van der Waals surface area contributed by atoms with Gasteiger partial charge in [0.25, 0.3) is 5.91 Å². The predicted molar refractivity (Wildman–Crippen MR) is 97.4 cm³/mol. The molecule has 2 aromatic rings. The summed E-state index contributed by atoms with van der Waals surface area (Å²) < 4.78 is 0. The molecule has 1 fully saturated rings. The summed E-state index contributed by atoms with van der Waals surface area (Å²) in [6.45, 7) is 0.494. The average Bonchev–Trinajstić information content (AvgIpc) is 3.04. The van der Waals surface area contributed by atoms with Crippen LogP contribution in [0.25, 0.3) is 5.76 Å². The lowest BCUT2D eigenvalue weighted by Crippen LogP contribution is -2.25. The molecule has 0 radical (unpaired) electrons. The molecular formula is C20H18N2O4. The SMILES string of the molecule is O=CNC(=O)/C=C(/O)c1ccccc1N1CC(c2ccccc2)CC1=O. The van der Waals surface area contributed by atoms with Crippen LogP contribution in [0.4, 0.5) is 5.69 Å². The number of rotatable bonds is 5. The lowest BCUT2D eigenvalue weighted by molar-refractivity contribution is -0.121. The highest BCUT2D eigenvalue weighted by atomic mass is 16.3. The van der Waals surface area contributed by atoms with Gasteiger partial charge in [0, 0.05) is 30.5 Å². The van der Waals surface area contributed by atoms with E-state index in [0.717, 1.165) is 11.6 Å². The molecule has 2 aromatic carbocycles. The highest BCUT2D eigenvalue weighted by Crippen LogP contribution is 2.35. The third-order valence-electron chi connectivity index (χ3n) is 4.34. The summed E-state index contributed by atoms with van der Waals surface area (Å²) in [5, 5.41) is 12.2. The molecule has 0 saturated carbocycles. The summed E-state index contributed by atoms with van der Waals surface area (Å²) in [4.78, 5) is 36.0. The van der Waals surface area contributed by atoms with Crippen LogP contribution in [0.15, 0.2) is 60.7 Å². The van der Waals surface area contributed by atoms with Gasteiger partial charge in [-0.15, -0.1) is 0 Å². The molecule has 132 valence electrons. The molecule has 6 nitrogen and oxygen atoms in total. The van der Waals surface area contributed by atoms with E-state index in [2.05, 4.69) is 0 Å². The fraction of sp³-hybridized carbons (Fsp3) is 0.150. The Morgan fingerprint density at radius 2 is 1.81 bits per heavy atom. The first kappa shape index (κ1) is 17.4. The fourth-order valence-corrected chi connectivity index (χ4v) is 3.12. The molecule has 2 N–H and O–H groups in total. The van der Waals surface area contributed by atoms with Crippen molar-refractivity contribution in [2.45, 2.75) is 12.3 Å². The molecule has 3 rings (SSSR count). The number of hydrogen-bond acceptors (Lipinski definition) is 4. The Bertz CT molecular complexity index is 861. The first-order valence-corrected chi connectivity index (χ1v) is 8.19. The van der Waals surface area contributed by atoms with Crippen molar-refractivity contribution in [3.05, 3.63) is 71.8 Å². The minimum absolute atomic E-state index is 0.0450. The number of anilines is 1. The number of nitrogens with one attached hydrogen (secondary N) is 1. The van der Waals surface area contributed by atoms with Gasteiger partial charge in [0.2, 0.25) is 12.3 Å². The van der Waals surface area contributed by atoms with Crippen LogP contribution in [0.1, 0.15) is 23.5 Å². The van der Waals surface area contributed by atoms with Crippen LogP contribution in [0.3, 0.4) is 0 Å². The van der Waals surface area contributed by atoms with E-state index < -0.39 is 5.91 Å². The van der Waals surface area contributed by atoms with E-state index in [9.17, 15) is 19.5 Å². The number of hydrogen-bond donors (Lipinski definition) is 2. The van der Waals surface area contributed by atoms with Crippen molar-refractivity contribution < 1.29 is 19.5 Å². The number of imide groups is 1.